The van der Waals surface area contributed by atoms with E-state index in [-0.39, 0.29) is 0 Å². The highest BCUT2D eigenvalue weighted by molar-refractivity contribution is 6.05. The van der Waals surface area contributed by atoms with Crippen LogP contribution in [0.2, 0.25) is 0 Å². The molecule has 3 heteroatoms. The number of ether oxygens (including phenoxy) is 1. The monoisotopic (exact) mass is 331 g/mol. The Balaban J connectivity index is 1.46. The van der Waals surface area contributed by atoms with Gasteiger partial charge >= 0.3 is 0 Å². The number of anilines is 1. The highest BCUT2D eigenvalue weighted by Gasteiger charge is 2.08. The second-order valence-electron chi connectivity index (χ2n) is 6.02. The van der Waals surface area contributed by atoms with Crippen LogP contribution in [0.25, 0.3) is 21.9 Å². The molecule has 0 N–H and O–H groups in total. The number of para-hydroxylation sites is 2. The molecule has 0 aliphatic carbocycles. The summed E-state index contributed by atoms with van der Waals surface area (Å²) in [7, 11) is 0. The fraction of sp³-hybridized carbons (Fsp3) is 0.182. The van der Waals surface area contributed by atoms with E-state index in [4.69, 9.17) is 9.15 Å². The molecule has 0 aliphatic heterocycles. The number of likely N-dealkylation sites (N-methyl/N-ethyl adjacent to an activating group) is 1. The van der Waals surface area contributed by atoms with Crippen LogP contribution in [0.4, 0.5) is 5.69 Å². The second-order valence-corrected chi connectivity index (χ2v) is 6.02. The van der Waals surface area contributed by atoms with Crippen molar-refractivity contribution in [2.75, 3.05) is 24.6 Å². The molecule has 0 amide bonds. The first-order chi connectivity index (χ1) is 12.3. The first kappa shape index (κ1) is 15.6. The molecule has 0 bridgehead atoms. The normalized spacial score (nSPS) is 11.1. The fourth-order valence-corrected chi connectivity index (χ4v) is 3.18. The van der Waals surface area contributed by atoms with Gasteiger partial charge in [0.05, 0.1) is 6.54 Å². The number of fused-ring (bicyclic) bond motifs is 3. The standard InChI is InChI=1S/C22H21NO2/c1-2-23(17-8-4-3-5-9-17)14-15-24-18-12-13-20-19-10-6-7-11-21(19)25-22(20)16-18/h3-13,16H,2,14-15H2,1H3. The van der Waals surface area contributed by atoms with Crippen molar-refractivity contribution in [3.05, 3.63) is 72.8 Å². The first-order valence-corrected chi connectivity index (χ1v) is 8.69. The van der Waals surface area contributed by atoms with E-state index in [2.05, 4.69) is 48.2 Å². The summed E-state index contributed by atoms with van der Waals surface area (Å²) in [5, 5.41) is 2.27. The van der Waals surface area contributed by atoms with Gasteiger partial charge in [-0.15, -0.1) is 0 Å². The van der Waals surface area contributed by atoms with Crippen LogP contribution in [0.1, 0.15) is 6.92 Å². The number of nitrogens with zero attached hydrogens (tertiary/aromatic N) is 1. The molecule has 0 radical (unpaired) electrons. The Morgan fingerprint density at radius 3 is 2.44 bits per heavy atom. The average Bonchev–Trinajstić information content (AvgIpc) is 3.04. The Labute approximate surface area is 147 Å². The lowest BCUT2D eigenvalue weighted by Gasteiger charge is -2.23. The number of furan rings is 1. The van der Waals surface area contributed by atoms with Gasteiger partial charge in [-0.1, -0.05) is 36.4 Å². The highest BCUT2D eigenvalue weighted by atomic mass is 16.5. The third kappa shape index (κ3) is 3.18. The van der Waals surface area contributed by atoms with E-state index in [1.807, 2.05) is 36.4 Å². The fourth-order valence-electron chi connectivity index (χ4n) is 3.18. The molecule has 0 saturated heterocycles. The Hall–Kier alpha value is -2.94. The van der Waals surface area contributed by atoms with Crippen molar-refractivity contribution < 1.29 is 9.15 Å². The molecule has 4 aromatic rings. The summed E-state index contributed by atoms with van der Waals surface area (Å²) >= 11 is 0. The average molecular weight is 331 g/mol. The zero-order valence-corrected chi connectivity index (χ0v) is 14.3. The van der Waals surface area contributed by atoms with Crippen LogP contribution < -0.4 is 9.64 Å². The van der Waals surface area contributed by atoms with Gasteiger partial charge in [0.1, 0.15) is 23.5 Å². The molecule has 0 aliphatic rings. The Kier molecular flexibility index (Phi) is 4.30. The lowest BCUT2D eigenvalue weighted by atomic mass is 10.1. The van der Waals surface area contributed by atoms with Gasteiger partial charge in [0, 0.05) is 29.1 Å². The lowest BCUT2D eigenvalue weighted by molar-refractivity contribution is 0.324. The molecule has 0 fully saturated rings. The topological polar surface area (TPSA) is 25.6 Å². The van der Waals surface area contributed by atoms with Crippen LogP contribution in [0, 0.1) is 0 Å². The molecule has 0 unspecified atom stereocenters. The van der Waals surface area contributed by atoms with E-state index in [1.165, 1.54) is 5.69 Å². The number of benzene rings is 3. The van der Waals surface area contributed by atoms with Crippen LogP contribution >= 0.6 is 0 Å². The Bertz CT molecular complexity index is 975. The van der Waals surface area contributed by atoms with Gasteiger partial charge in [0.15, 0.2) is 0 Å². The summed E-state index contributed by atoms with van der Waals surface area (Å²) in [6.45, 7) is 4.59. The number of rotatable bonds is 6. The van der Waals surface area contributed by atoms with Gasteiger partial charge < -0.3 is 14.1 Å². The SMILES string of the molecule is CCN(CCOc1ccc2c(c1)oc1ccccc12)c1ccccc1. The molecule has 25 heavy (non-hydrogen) atoms. The molecule has 0 atom stereocenters. The van der Waals surface area contributed by atoms with Gasteiger partial charge in [-0.2, -0.15) is 0 Å². The Morgan fingerprint density at radius 1 is 0.840 bits per heavy atom. The van der Waals surface area contributed by atoms with Gasteiger partial charge in [-0.05, 0) is 37.3 Å². The van der Waals surface area contributed by atoms with Crippen molar-refractivity contribution in [3.63, 3.8) is 0 Å². The molecule has 4 rings (SSSR count). The van der Waals surface area contributed by atoms with Crippen molar-refractivity contribution in [3.8, 4) is 5.75 Å². The van der Waals surface area contributed by atoms with Gasteiger partial charge in [0.25, 0.3) is 0 Å². The third-order valence-corrected chi connectivity index (χ3v) is 4.48. The van der Waals surface area contributed by atoms with Crippen molar-refractivity contribution in [1.82, 2.24) is 0 Å². The molecule has 3 nitrogen and oxygen atoms in total. The Morgan fingerprint density at radius 2 is 1.60 bits per heavy atom. The molecule has 1 heterocycles. The van der Waals surface area contributed by atoms with E-state index in [1.54, 1.807) is 0 Å². The van der Waals surface area contributed by atoms with Crippen molar-refractivity contribution >= 4 is 27.6 Å². The summed E-state index contributed by atoms with van der Waals surface area (Å²) in [6, 6.07) is 24.6. The van der Waals surface area contributed by atoms with Crippen LogP contribution in [-0.2, 0) is 0 Å². The smallest absolute Gasteiger partial charge is 0.139 e. The van der Waals surface area contributed by atoms with Crippen molar-refractivity contribution in [1.29, 1.82) is 0 Å². The van der Waals surface area contributed by atoms with Gasteiger partial charge in [0.2, 0.25) is 0 Å². The summed E-state index contributed by atoms with van der Waals surface area (Å²) in [6.07, 6.45) is 0. The summed E-state index contributed by atoms with van der Waals surface area (Å²) in [4.78, 5) is 2.31. The largest absolute Gasteiger partial charge is 0.492 e. The lowest BCUT2D eigenvalue weighted by Crippen LogP contribution is -2.27. The third-order valence-electron chi connectivity index (χ3n) is 4.48. The molecule has 0 saturated carbocycles. The second kappa shape index (κ2) is 6.89. The zero-order valence-electron chi connectivity index (χ0n) is 14.3. The minimum absolute atomic E-state index is 0.633. The number of hydrogen-bond acceptors (Lipinski definition) is 3. The minimum Gasteiger partial charge on any atom is -0.492 e. The van der Waals surface area contributed by atoms with Crippen LogP contribution in [0.15, 0.2) is 77.2 Å². The van der Waals surface area contributed by atoms with E-state index in [0.29, 0.717) is 6.61 Å². The van der Waals surface area contributed by atoms with Crippen LogP contribution in [0.3, 0.4) is 0 Å². The summed E-state index contributed by atoms with van der Waals surface area (Å²) in [5.41, 5.74) is 3.01. The van der Waals surface area contributed by atoms with E-state index in [9.17, 15) is 0 Å². The molecule has 0 spiro atoms. The van der Waals surface area contributed by atoms with Crippen molar-refractivity contribution in [2.24, 2.45) is 0 Å². The van der Waals surface area contributed by atoms with Crippen LogP contribution in [0.5, 0.6) is 5.75 Å². The maximum Gasteiger partial charge on any atom is 0.139 e. The first-order valence-electron chi connectivity index (χ1n) is 8.69. The highest BCUT2D eigenvalue weighted by Crippen LogP contribution is 2.31. The molecular weight excluding hydrogens is 310 g/mol. The zero-order chi connectivity index (χ0) is 17.1. The van der Waals surface area contributed by atoms with Crippen LogP contribution in [-0.4, -0.2) is 19.7 Å². The summed E-state index contributed by atoms with van der Waals surface area (Å²) < 4.78 is 11.9. The molecule has 126 valence electrons. The molecule has 3 aromatic carbocycles. The van der Waals surface area contributed by atoms with E-state index < -0.39 is 0 Å². The number of hydrogen-bond donors (Lipinski definition) is 0. The predicted octanol–water partition coefficient (Wildman–Crippen LogP) is 5.49. The predicted molar refractivity (Wildman–Crippen MR) is 104 cm³/mol. The molecule has 1 aromatic heterocycles. The van der Waals surface area contributed by atoms with Gasteiger partial charge in [-0.3, -0.25) is 0 Å². The summed E-state index contributed by atoms with van der Waals surface area (Å²) in [5.74, 6) is 0.843. The van der Waals surface area contributed by atoms with E-state index >= 15 is 0 Å². The van der Waals surface area contributed by atoms with Crippen molar-refractivity contribution in [2.45, 2.75) is 6.92 Å². The maximum atomic E-state index is 5.96. The molecular formula is C22H21NO2. The van der Waals surface area contributed by atoms with Gasteiger partial charge in [-0.25, -0.2) is 0 Å². The minimum atomic E-state index is 0.633. The quantitative estimate of drug-likeness (QED) is 0.467. The van der Waals surface area contributed by atoms with E-state index in [0.717, 1.165) is 40.8 Å². The maximum absolute atomic E-state index is 5.96.